The molecule has 0 unspecified atom stereocenters. The van der Waals surface area contributed by atoms with Gasteiger partial charge in [-0.15, -0.1) is 11.6 Å². The predicted molar refractivity (Wildman–Crippen MR) is 71.8 cm³/mol. The first-order chi connectivity index (χ1) is 9.32. The van der Waals surface area contributed by atoms with Crippen molar-refractivity contribution in [3.8, 4) is 0 Å². The van der Waals surface area contributed by atoms with Gasteiger partial charge in [0.2, 0.25) is 0 Å². The molecule has 2 nitrogen and oxygen atoms in total. The van der Waals surface area contributed by atoms with E-state index in [2.05, 4.69) is 5.10 Å². The second-order valence-electron chi connectivity index (χ2n) is 4.64. The van der Waals surface area contributed by atoms with E-state index < -0.39 is 11.7 Å². The third kappa shape index (κ3) is 2.98. The summed E-state index contributed by atoms with van der Waals surface area (Å²) < 4.78 is 39.2. The van der Waals surface area contributed by atoms with Gasteiger partial charge in [0, 0.05) is 11.3 Å². The number of rotatable bonds is 3. The van der Waals surface area contributed by atoms with Crippen LogP contribution in [0, 0.1) is 13.8 Å². The molecule has 0 radical (unpaired) electrons. The average Bonchev–Trinajstić information content (AvgIpc) is 2.63. The highest BCUT2D eigenvalue weighted by atomic mass is 35.5. The van der Waals surface area contributed by atoms with Gasteiger partial charge in [0.05, 0.1) is 23.7 Å². The zero-order chi connectivity index (χ0) is 14.9. The van der Waals surface area contributed by atoms with Crippen LogP contribution in [0.2, 0.25) is 0 Å². The molecule has 2 rings (SSSR count). The zero-order valence-corrected chi connectivity index (χ0v) is 11.9. The standard InChI is InChI=1S/C14H14ClF3N2/c1-9-13(7-15)10(2)20(19-9)8-11-3-5-12(6-4-11)14(16,17)18/h3-6H,7-8H2,1-2H3. The van der Waals surface area contributed by atoms with Crippen molar-refractivity contribution in [2.24, 2.45) is 0 Å². The number of halogens is 4. The molecule has 20 heavy (non-hydrogen) atoms. The van der Waals surface area contributed by atoms with E-state index in [-0.39, 0.29) is 0 Å². The normalized spacial score (nSPS) is 11.9. The molecule has 0 aliphatic rings. The maximum Gasteiger partial charge on any atom is 0.416 e. The van der Waals surface area contributed by atoms with Crippen LogP contribution in [0.3, 0.4) is 0 Å². The molecule has 108 valence electrons. The minimum absolute atomic E-state index is 0.380. The SMILES string of the molecule is Cc1nn(Cc2ccc(C(F)(F)F)cc2)c(C)c1CCl. The Balaban J connectivity index is 2.23. The van der Waals surface area contributed by atoms with E-state index in [4.69, 9.17) is 11.6 Å². The lowest BCUT2D eigenvalue weighted by Crippen LogP contribution is -2.07. The van der Waals surface area contributed by atoms with Crippen LogP contribution in [0.5, 0.6) is 0 Å². The Bertz CT molecular complexity index is 600. The second-order valence-corrected chi connectivity index (χ2v) is 4.90. The zero-order valence-electron chi connectivity index (χ0n) is 11.1. The van der Waals surface area contributed by atoms with Gasteiger partial charge in [-0.1, -0.05) is 12.1 Å². The van der Waals surface area contributed by atoms with Gasteiger partial charge in [0.1, 0.15) is 0 Å². The van der Waals surface area contributed by atoms with Gasteiger partial charge in [0.25, 0.3) is 0 Å². The van der Waals surface area contributed by atoms with Crippen LogP contribution < -0.4 is 0 Å². The third-order valence-corrected chi connectivity index (χ3v) is 3.55. The maximum atomic E-state index is 12.5. The van der Waals surface area contributed by atoms with Crippen LogP contribution in [-0.2, 0) is 18.6 Å². The fourth-order valence-electron chi connectivity index (χ4n) is 2.05. The Morgan fingerprint density at radius 3 is 2.20 bits per heavy atom. The number of nitrogens with zero attached hydrogens (tertiary/aromatic N) is 2. The number of hydrogen-bond acceptors (Lipinski definition) is 1. The summed E-state index contributed by atoms with van der Waals surface area (Å²) in [6.45, 7) is 4.21. The Kier molecular flexibility index (Phi) is 4.09. The molecule has 0 saturated carbocycles. The van der Waals surface area contributed by atoms with E-state index >= 15 is 0 Å². The molecule has 0 N–H and O–H groups in total. The molecule has 0 saturated heterocycles. The predicted octanol–water partition coefficient (Wildman–Crippen LogP) is 4.31. The van der Waals surface area contributed by atoms with Crippen LogP contribution in [0.4, 0.5) is 13.2 Å². The highest BCUT2D eigenvalue weighted by Crippen LogP contribution is 2.29. The van der Waals surface area contributed by atoms with Crippen molar-refractivity contribution in [1.29, 1.82) is 0 Å². The van der Waals surface area contributed by atoms with Crippen molar-refractivity contribution in [1.82, 2.24) is 9.78 Å². The van der Waals surface area contributed by atoms with Crippen molar-refractivity contribution in [2.45, 2.75) is 32.4 Å². The van der Waals surface area contributed by atoms with E-state index in [1.54, 1.807) is 4.68 Å². The molecule has 1 heterocycles. The van der Waals surface area contributed by atoms with Gasteiger partial charge in [0.15, 0.2) is 0 Å². The lowest BCUT2D eigenvalue weighted by molar-refractivity contribution is -0.137. The van der Waals surface area contributed by atoms with Crippen molar-refractivity contribution < 1.29 is 13.2 Å². The smallest absolute Gasteiger partial charge is 0.265 e. The summed E-state index contributed by atoms with van der Waals surface area (Å²) in [5.74, 6) is 0.380. The number of aryl methyl sites for hydroxylation is 1. The molecule has 0 spiro atoms. The summed E-state index contributed by atoms with van der Waals surface area (Å²) in [4.78, 5) is 0. The number of hydrogen-bond donors (Lipinski definition) is 0. The first-order valence-electron chi connectivity index (χ1n) is 6.08. The summed E-state index contributed by atoms with van der Waals surface area (Å²) in [5.41, 5.74) is 2.89. The monoisotopic (exact) mass is 302 g/mol. The molecule has 1 aromatic heterocycles. The summed E-state index contributed by atoms with van der Waals surface area (Å²) in [6.07, 6.45) is -4.30. The van der Waals surface area contributed by atoms with E-state index in [1.165, 1.54) is 12.1 Å². The number of alkyl halides is 4. The Hall–Kier alpha value is -1.49. The molecule has 0 aliphatic carbocycles. The fourth-order valence-corrected chi connectivity index (χ4v) is 2.44. The van der Waals surface area contributed by atoms with Gasteiger partial charge in [-0.2, -0.15) is 18.3 Å². The Morgan fingerprint density at radius 2 is 1.75 bits per heavy atom. The first kappa shape index (κ1) is 14.9. The summed E-state index contributed by atoms with van der Waals surface area (Å²) in [5, 5.41) is 4.36. The average molecular weight is 303 g/mol. The minimum atomic E-state index is -4.30. The molecule has 0 fully saturated rings. The lowest BCUT2D eigenvalue weighted by Gasteiger charge is -2.09. The number of aromatic nitrogens is 2. The molecule has 0 bridgehead atoms. The van der Waals surface area contributed by atoms with E-state index in [0.29, 0.717) is 12.4 Å². The molecule has 2 aromatic rings. The van der Waals surface area contributed by atoms with Crippen LogP contribution in [0.25, 0.3) is 0 Å². The van der Waals surface area contributed by atoms with E-state index in [9.17, 15) is 13.2 Å². The molecular formula is C14H14ClF3N2. The van der Waals surface area contributed by atoms with Gasteiger partial charge >= 0.3 is 6.18 Å². The fraction of sp³-hybridized carbons (Fsp3) is 0.357. The van der Waals surface area contributed by atoms with Gasteiger partial charge in [-0.3, -0.25) is 4.68 Å². The van der Waals surface area contributed by atoms with Crippen molar-refractivity contribution >= 4 is 11.6 Å². The van der Waals surface area contributed by atoms with Crippen LogP contribution in [0.1, 0.15) is 28.1 Å². The van der Waals surface area contributed by atoms with Crippen LogP contribution >= 0.6 is 11.6 Å². The molecule has 0 aliphatic heterocycles. The van der Waals surface area contributed by atoms with Crippen molar-refractivity contribution in [2.75, 3.05) is 0 Å². The highest BCUT2D eigenvalue weighted by Gasteiger charge is 2.29. The molecule has 0 amide bonds. The minimum Gasteiger partial charge on any atom is -0.265 e. The summed E-state index contributed by atoms with van der Waals surface area (Å²) in [7, 11) is 0. The second kappa shape index (κ2) is 5.48. The first-order valence-corrected chi connectivity index (χ1v) is 6.61. The number of benzene rings is 1. The summed E-state index contributed by atoms with van der Waals surface area (Å²) >= 11 is 5.85. The van der Waals surface area contributed by atoms with Crippen molar-refractivity contribution in [3.05, 3.63) is 52.3 Å². The third-order valence-electron chi connectivity index (χ3n) is 3.28. The van der Waals surface area contributed by atoms with E-state index in [1.807, 2.05) is 13.8 Å². The lowest BCUT2D eigenvalue weighted by atomic mass is 10.1. The molecule has 1 aromatic carbocycles. The Labute approximate surface area is 120 Å². The maximum absolute atomic E-state index is 12.5. The van der Waals surface area contributed by atoms with Gasteiger partial charge in [-0.25, -0.2) is 0 Å². The summed E-state index contributed by atoms with van der Waals surface area (Å²) in [6, 6.07) is 5.12. The molecule has 6 heteroatoms. The van der Waals surface area contributed by atoms with E-state index in [0.717, 1.165) is 34.6 Å². The quantitative estimate of drug-likeness (QED) is 0.773. The molecule has 0 atom stereocenters. The van der Waals surface area contributed by atoms with Crippen molar-refractivity contribution in [3.63, 3.8) is 0 Å². The van der Waals surface area contributed by atoms with Crippen LogP contribution in [0.15, 0.2) is 24.3 Å². The highest BCUT2D eigenvalue weighted by molar-refractivity contribution is 6.17. The van der Waals surface area contributed by atoms with Gasteiger partial charge in [-0.05, 0) is 31.5 Å². The topological polar surface area (TPSA) is 17.8 Å². The molecular weight excluding hydrogens is 289 g/mol. The largest absolute Gasteiger partial charge is 0.416 e. The Morgan fingerprint density at radius 1 is 1.15 bits per heavy atom. The van der Waals surface area contributed by atoms with Crippen LogP contribution in [-0.4, -0.2) is 9.78 Å². The van der Waals surface area contributed by atoms with Gasteiger partial charge < -0.3 is 0 Å².